The first-order chi connectivity index (χ1) is 9.65. The summed E-state index contributed by atoms with van der Waals surface area (Å²) in [6.07, 6.45) is 0.356. The third-order valence-electron chi connectivity index (χ3n) is 2.97. The molecule has 1 unspecified atom stereocenters. The molecule has 0 aliphatic rings. The highest BCUT2D eigenvalue weighted by Gasteiger charge is 2.19. The average molecular weight is 296 g/mol. The van der Waals surface area contributed by atoms with Crippen molar-refractivity contribution in [1.29, 1.82) is 0 Å². The van der Waals surface area contributed by atoms with Crippen LogP contribution in [0.1, 0.15) is 18.9 Å². The van der Waals surface area contributed by atoms with Gasteiger partial charge < -0.3 is 9.84 Å². The Kier molecular flexibility index (Phi) is 4.80. The number of carboxylic acids is 1. The summed E-state index contributed by atoms with van der Waals surface area (Å²) in [6.45, 7) is 2.38. The van der Waals surface area contributed by atoms with Crippen molar-refractivity contribution < 1.29 is 14.6 Å². The summed E-state index contributed by atoms with van der Waals surface area (Å²) in [5, 5.41) is 22.5. The van der Waals surface area contributed by atoms with Gasteiger partial charge in [0.2, 0.25) is 0 Å². The van der Waals surface area contributed by atoms with Gasteiger partial charge in [0, 0.05) is 7.11 Å². The van der Waals surface area contributed by atoms with Gasteiger partial charge in [-0.3, -0.25) is 4.79 Å². The van der Waals surface area contributed by atoms with Crippen LogP contribution in [0.25, 0.3) is 10.7 Å². The molecule has 2 aromatic heterocycles. The molecule has 0 aliphatic carbocycles. The van der Waals surface area contributed by atoms with Crippen molar-refractivity contribution >= 4 is 17.3 Å². The van der Waals surface area contributed by atoms with Crippen molar-refractivity contribution in [1.82, 2.24) is 20.2 Å². The molecule has 0 spiro atoms. The summed E-state index contributed by atoms with van der Waals surface area (Å²) in [4.78, 5) is 11.8. The number of aliphatic carboxylic acids is 1. The Hall–Kier alpha value is -1.80. The van der Waals surface area contributed by atoms with E-state index in [2.05, 4.69) is 22.4 Å². The SMILES string of the molecule is CCc1ccsc1-c1nnnn1CC(CC(=O)O)OC. The highest BCUT2D eigenvalue weighted by Crippen LogP contribution is 2.28. The van der Waals surface area contributed by atoms with Crippen molar-refractivity contribution in [2.75, 3.05) is 7.11 Å². The van der Waals surface area contributed by atoms with E-state index in [1.54, 1.807) is 16.0 Å². The van der Waals surface area contributed by atoms with Crippen LogP contribution < -0.4 is 0 Å². The maximum atomic E-state index is 10.8. The van der Waals surface area contributed by atoms with E-state index in [1.165, 1.54) is 12.7 Å². The van der Waals surface area contributed by atoms with Gasteiger partial charge in [-0.1, -0.05) is 6.92 Å². The van der Waals surface area contributed by atoms with Crippen LogP contribution in [-0.4, -0.2) is 44.5 Å². The smallest absolute Gasteiger partial charge is 0.306 e. The molecule has 0 radical (unpaired) electrons. The quantitative estimate of drug-likeness (QED) is 0.831. The summed E-state index contributed by atoms with van der Waals surface area (Å²) in [5.41, 5.74) is 1.18. The Balaban J connectivity index is 2.22. The van der Waals surface area contributed by atoms with E-state index in [0.29, 0.717) is 12.4 Å². The number of thiophene rings is 1. The van der Waals surface area contributed by atoms with E-state index in [4.69, 9.17) is 9.84 Å². The molecule has 20 heavy (non-hydrogen) atoms. The second-order valence-electron chi connectivity index (χ2n) is 4.27. The van der Waals surface area contributed by atoms with Gasteiger partial charge in [-0.05, 0) is 33.9 Å². The molecule has 2 aromatic rings. The minimum atomic E-state index is -0.906. The molecule has 1 atom stereocenters. The van der Waals surface area contributed by atoms with E-state index in [9.17, 15) is 4.79 Å². The molecule has 2 heterocycles. The van der Waals surface area contributed by atoms with Crippen molar-refractivity contribution in [3.05, 3.63) is 17.0 Å². The molecule has 0 saturated carbocycles. The molecule has 0 amide bonds. The van der Waals surface area contributed by atoms with Crippen LogP contribution in [0.3, 0.4) is 0 Å². The monoisotopic (exact) mass is 296 g/mol. The summed E-state index contributed by atoms with van der Waals surface area (Å²) in [6, 6.07) is 2.05. The molecular formula is C12H16N4O3S. The van der Waals surface area contributed by atoms with Crippen LogP contribution in [-0.2, 0) is 22.5 Å². The standard InChI is InChI=1S/C12H16N4O3S/c1-3-8-4-5-20-11(8)12-13-14-15-16(12)7-9(19-2)6-10(17)18/h4-5,9H,3,6-7H2,1-2H3,(H,17,18). The summed E-state index contributed by atoms with van der Waals surface area (Å²) < 4.78 is 6.77. The summed E-state index contributed by atoms with van der Waals surface area (Å²) >= 11 is 1.57. The minimum Gasteiger partial charge on any atom is -0.481 e. The fraction of sp³-hybridized carbons (Fsp3) is 0.500. The van der Waals surface area contributed by atoms with Crippen LogP contribution in [0, 0.1) is 0 Å². The second kappa shape index (κ2) is 6.58. The van der Waals surface area contributed by atoms with Gasteiger partial charge in [-0.2, -0.15) is 0 Å². The van der Waals surface area contributed by atoms with E-state index < -0.39 is 12.1 Å². The third kappa shape index (κ3) is 3.20. The molecule has 0 aromatic carbocycles. The third-order valence-corrected chi connectivity index (χ3v) is 3.93. The number of nitrogens with zero attached hydrogens (tertiary/aromatic N) is 4. The van der Waals surface area contributed by atoms with Crippen molar-refractivity contribution in [2.24, 2.45) is 0 Å². The molecule has 0 bridgehead atoms. The zero-order valence-corrected chi connectivity index (χ0v) is 12.1. The first-order valence-corrected chi connectivity index (χ1v) is 7.11. The Morgan fingerprint density at radius 1 is 1.60 bits per heavy atom. The lowest BCUT2D eigenvalue weighted by atomic mass is 10.2. The van der Waals surface area contributed by atoms with Crippen molar-refractivity contribution in [3.63, 3.8) is 0 Å². The van der Waals surface area contributed by atoms with Crippen molar-refractivity contribution in [3.8, 4) is 10.7 Å². The van der Waals surface area contributed by atoms with Crippen molar-refractivity contribution in [2.45, 2.75) is 32.4 Å². The molecular weight excluding hydrogens is 280 g/mol. The summed E-state index contributed by atoms with van der Waals surface area (Å²) in [7, 11) is 1.49. The highest BCUT2D eigenvalue weighted by molar-refractivity contribution is 7.13. The fourth-order valence-electron chi connectivity index (χ4n) is 1.91. The van der Waals surface area contributed by atoms with Crippen LogP contribution in [0.15, 0.2) is 11.4 Å². The zero-order valence-electron chi connectivity index (χ0n) is 11.3. The maximum Gasteiger partial charge on any atom is 0.306 e. The van der Waals surface area contributed by atoms with Crippen LogP contribution in [0.5, 0.6) is 0 Å². The lowest BCUT2D eigenvalue weighted by Gasteiger charge is -2.13. The number of hydrogen-bond acceptors (Lipinski definition) is 6. The maximum absolute atomic E-state index is 10.8. The van der Waals surface area contributed by atoms with Gasteiger partial charge in [0.05, 0.1) is 23.9 Å². The molecule has 2 rings (SSSR count). The summed E-state index contributed by atoms with van der Waals surface area (Å²) in [5.74, 6) is -0.249. The Morgan fingerprint density at radius 3 is 3.05 bits per heavy atom. The number of hydrogen-bond donors (Lipinski definition) is 1. The van der Waals surface area contributed by atoms with E-state index in [1.807, 2.05) is 11.4 Å². The average Bonchev–Trinajstić information content (AvgIpc) is 3.04. The Morgan fingerprint density at radius 2 is 2.40 bits per heavy atom. The molecule has 8 heteroatoms. The van der Waals surface area contributed by atoms with Crippen LogP contribution >= 0.6 is 11.3 Å². The molecule has 0 fully saturated rings. The van der Waals surface area contributed by atoms with Gasteiger partial charge in [0.15, 0.2) is 5.82 Å². The fourth-order valence-corrected chi connectivity index (χ4v) is 2.89. The lowest BCUT2D eigenvalue weighted by molar-refractivity contribution is -0.139. The zero-order chi connectivity index (χ0) is 14.5. The number of rotatable bonds is 7. The van der Waals surface area contributed by atoms with Gasteiger partial charge in [0.1, 0.15) is 0 Å². The second-order valence-corrected chi connectivity index (χ2v) is 5.18. The predicted molar refractivity (Wildman–Crippen MR) is 73.6 cm³/mol. The number of ether oxygens (including phenoxy) is 1. The first kappa shape index (κ1) is 14.6. The molecule has 1 N–H and O–H groups in total. The number of methoxy groups -OCH3 is 1. The van der Waals surface area contributed by atoms with Gasteiger partial charge in [0.25, 0.3) is 0 Å². The number of aryl methyl sites for hydroxylation is 1. The highest BCUT2D eigenvalue weighted by atomic mass is 32.1. The van der Waals surface area contributed by atoms with E-state index >= 15 is 0 Å². The van der Waals surface area contributed by atoms with Gasteiger partial charge in [-0.15, -0.1) is 16.4 Å². The Bertz CT molecular complexity index is 581. The normalized spacial score (nSPS) is 12.5. The molecule has 0 saturated heterocycles. The minimum absolute atomic E-state index is 0.0825. The number of carbonyl (C=O) groups is 1. The molecule has 0 aliphatic heterocycles. The predicted octanol–water partition coefficient (Wildman–Crippen LogP) is 1.45. The van der Waals surface area contributed by atoms with Crippen LogP contribution in [0.4, 0.5) is 0 Å². The lowest BCUT2D eigenvalue weighted by Crippen LogP contribution is -2.23. The van der Waals surface area contributed by atoms with E-state index in [0.717, 1.165) is 11.3 Å². The largest absolute Gasteiger partial charge is 0.481 e. The van der Waals surface area contributed by atoms with Gasteiger partial charge >= 0.3 is 5.97 Å². The first-order valence-electron chi connectivity index (χ1n) is 6.23. The number of aromatic nitrogens is 4. The molecule has 7 nitrogen and oxygen atoms in total. The Labute approximate surface area is 120 Å². The number of carboxylic acid groups (broad SMARTS) is 1. The van der Waals surface area contributed by atoms with E-state index in [-0.39, 0.29) is 6.42 Å². The topological polar surface area (TPSA) is 90.1 Å². The number of tetrazole rings is 1. The van der Waals surface area contributed by atoms with Crippen LogP contribution in [0.2, 0.25) is 0 Å². The molecule has 108 valence electrons. The van der Waals surface area contributed by atoms with Gasteiger partial charge in [-0.25, -0.2) is 4.68 Å².